The van der Waals surface area contributed by atoms with E-state index in [1.54, 1.807) is 6.08 Å². The first-order valence-corrected chi connectivity index (χ1v) is 9.72. The third-order valence-corrected chi connectivity index (χ3v) is 6.10. The van der Waals surface area contributed by atoms with Crippen LogP contribution < -0.4 is 5.32 Å². The van der Waals surface area contributed by atoms with Crippen molar-refractivity contribution in [2.75, 3.05) is 19.6 Å². The topological polar surface area (TPSA) is 86.8 Å². The molecular formula is C17H21N3O4S. The molecule has 0 aromatic heterocycles. The van der Waals surface area contributed by atoms with Crippen LogP contribution in [0.3, 0.4) is 0 Å². The molecular weight excluding hydrogens is 342 g/mol. The molecule has 2 heterocycles. The Morgan fingerprint density at radius 3 is 2.32 bits per heavy atom. The Hall–Kier alpha value is -2.19. The minimum atomic E-state index is -3.52. The van der Waals surface area contributed by atoms with E-state index in [4.69, 9.17) is 0 Å². The van der Waals surface area contributed by atoms with Gasteiger partial charge in [-0.2, -0.15) is 4.31 Å². The Morgan fingerprint density at radius 1 is 1.12 bits per heavy atom. The van der Waals surface area contributed by atoms with Crippen molar-refractivity contribution in [3.63, 3.8) is 0 Å². The molecule has 0 radical (unpaired) electrons. The number of benzene rings is 1. The normalized spacial score (nSPS) is 20.4. The van der Waals surface area contributed by atoms with E-state index in [1.165, 1.54) is 14.6 Å². The van der Waals surface area contributed by atoms with E-state index in [0.29, 0.717) is 25.9 Å². The summed E-state index contributed by atoms with van der Waals surface area (Å²) >= 11 is 0. The monoisotopic (exact) mass is 363 g/mol. The third kappa shape index (κ3) is 3.91. The Balaban J connectivity index is 1.62. The number of carbonyl (C=O) groups is 2. The lowest BCUT2D eigenvalue weighted by atomic mass is 10.1. The Morgan fingerprint density at radius 2 is 1.76 bits per heavy atom. The molecule has 2 aliphatic heterocycles. The largest absolute Gasteiger partial charge is 0.329 e. The van der Waals surface area contributed by atoms with Crippen LogP contribution in [-0.4, -0.2) is 55.2 Å². The Labute approximate surface area is 147 Å². The highest BCUT2D eigenvalue weighted by molar-refractivity contribution is 7.92. The summed E-state index contributed by atoms with van der Waals surface area (Å²) in [5, 5.41) is 3.71. The van der Waals surface area contributed by atoms with Gasteiger partial charge in [0.25, 0.3) is 0 Å². The van der Waals surface area contributed by atoms with E-state index in [2.05, 4.69) is 5.32 Å². The van der Waals surface area contributed by atoms with Gasteiger partial charge in [-0.15, -0.1) is 0 Å². The van der Waals surface area contributed by atoms with Gasteiger partial charge in [0.2, 0.25) is 15.9 Å². The van der Waals surface area contributed by atoms with Crippen LogP contribution in [0.2, 0.25) is 0 Å². The fraction of sp³-hybridized carbons (Fsp3) is 0.412. The number of aryl methyl sites for hydroxylation is 1. The summed E-state index contributed by atoms with van der Waals surface area (Å²) in [6, 6.07) is 6.97. The predicted molar refractivity (Wildman–Crippen MR) is 94.0 cm³/mol. The zero-order valence-electron chi connectivity index (χ0n) is 14.0. The number of imide groups is 1. The highest BCUT2D eigenvalue weighted by Gasteiger charge is 2.38. The summed E-state index contributed by atoms with van der Waals surface area (Å²) in [5.74, 6) is -0.245. The third-order valence-electron chi connectivity index (χ3n) is 4.54. The van der Waals surface area contributed by atoms with Gasteiger partial charge < -0.3 is 5.32 Å². The summed E-state index contributed by atoms with van der Waals surface area (Å²) in [5.41, 5.74) is 1.94. The molecule has 8 heteroatoms. The number of sulfonamides is 1. The number of amides is 3. The van der Waals surface area contributed by atoms with Gasteiger partial charge in [-0.25, -0.2) is 13.2 Å². The van der Waals surface area contributed by atoms with Crippen LogP contribution in [0.4, 0.5) is 4.79 Å². The van der Waals surface area contributed by atoms with E-state index in [-0.39, 0.29) is 24.5 Å². The lowest BCUT2D eigenvalue weighted by Crippen LogP contribution is -2.48. The second-order valence-electron chi connectivity index (χ2n) is 6.31. The summed E-state index contributed by atoms with van der Waals surface area (Å²) in [6.07, 6.45) is 2.49. The van der Waals surface area contributed by atoms with Crippen molar-refractivity contribution in [2.45, 2.75) is 25.8 Å². The maximum absolute atomic E-state index is 12.5. The molecule has 0 atom stereocenters. The number of rotatable bonds is 4. The lowest BCUT2D eigenvalue weighted by Gasteiger charge is -2.33. The van der Waals surface area contributed by atoms with Crippen molar-refractivity contribution in [1.29, 1.82) is 0 Å². The van der Waals surface area contributed by atoms with Gasteiger partial charge in [0.05, 0.1) is 6.54 Å². The van der Waals surface area contributed by atoms with Crippen molar-refractivity contribution < 1.29 is 18.0 Å². The van der Waals surface area contributed by atoms with Crippen LogP contribution in [0, 0.1) is 6.92 Å². The smallest absolute Gasteiger partial charge is 0.324 e. The molecule has 25 heavy (non-hydrogen) atoms. The average Bonchev–Trinajstić information content (AvgIpc) is 2.93. The van der Waals surface area contributed by atoms with E-state index >= 15 is 0 Å². The van der Waals surface area contributed by atoms with Gasteiger partial charge >= 0.3 is 6.03 Å². The van der Waals surface area contributed by atoms with Gasteiger partial charge in [-0.05, 0) is 31.4 Å². The first kappa shape index (κ1) is 17.6. The van der Waals surface area contributed by atoms with E-state index in [0.717, 1.165) is 11.1 Å². The number of hydrogen-bond acceptors (Lipinski definition) is 4. The second-order valence-corrected chi connectivity index (χ2v) is 8.13. The first-order chi connectivity index (χ1) is 11.9. The van der Waals surface area contributed by atoms with Crippen LogP contribution in [0.25, 0.3) is 6.08 Å². The molecule has 1 aromatic rings. The lowest BCUT2D eigenvalue weighted by molar-refractivity contribution is -0.127. The quantitative estimate of drug-likeness (QED) is 0.817. The molecule has 1 N–H and O–H groups in total. The Bertz CT molecular complexity index is 778. The summed E-state index contributed by atoms with van der Waals surface area (Å²) in [6.45, 7) is 2.58. The molecule has 3 amide bonds. The first-order valence-electron chi connectivity index (χ1n) is 8.21. The summed E-state index contributed by atoms with van der Waals surface area (Å²) in [7, 11) is -3.52. The van der Waals surface area contributed by atoms with E-state index < -0.39 is 10.0 Å². The maximum atomic E-state index is 12.5. The van der Waals surface area contributed by atoms with Gasteiger partial charge in [0.15, 0.2) is 0 Å². The van der Waals surface area contributed by atoms with Crippen molar-refractivity contribution in [2.24, 2.45) is 0 Å². The zero-order valence-corrected chi connectivity index (χ0v) is 14.8. The molecule has 2 fully saturated rings. The van der Waals surface area contributed by atoms with Gasteiger partial charge in [-0.3, -0.25) is 9.69 Å². The van der Waals surface area contributed by atoms with Gasteiger partial charge in [0, 0.05) is 24.5 Å². The van der Waals surface area contributed by atoms with Crippen LogP contribution in [-0.2, 0) is 14.8 Å². The molecule has 3 rings (SSSR count). The van der Waals surface area contributed by atoms with Crippen molar-refractivity contribution in [3.05, 3.63) is 40.8 Å². The fourth-order valence-corrected chi connectivity index (χ4v) is 4.31. The number of piperidine rings is 1. The molecule has 0 saturated carbocycles. The number of nitrogens with zero attached hydrogens (tertiary/aromatic N) is 2. The van der Waals surface area contributed by atoms with Crippen molar-refractivity contribution >= 4 is 28.0 Å². The van der Waals surface area contributed by atoms with Crippen molar-refractivity contribution in [3.8, 4) is 0 Å². The molecule has 0 aliphatic carbocycles. The molecule has 0 spiro atoms. The highest BCUT2D eigenvalue weighted by atomic mass is 32.2. The van der Waals surface area contributed by atoms with Crippen molar-refractivity contribution in [1.82, 2.24) is 14.5 Å². The summed E-state index contributed by atoms with van der Waals surface area (Å²) in [4.78, 5) is 24.7. The molecule has 7 nitrogen and oxygen atoms in total. The van der Waals surface area contributed by atoms with Crippen LogP contribution >= 0.6 is 0 Å². The number of hydrogen-bond donors (Lipinski definition) is 1. The van der Waals surface area contributed by atoms with Crippen LogP contribution in [0.5, 0.6) is 0 Å². The minimum Gasteiger partial charge on any atom is -0.329 e. The molecule has 0 unspecified atom stereocenters. The number of nitrogens with one attached hydrogen (secondary N) is 1. The standard InChI is InChI=1S/C17H21N3O4S/c1-13-2-4-14(5-3-13)8-11-25(23,24)19-9-6-15(7-10-19)20-16(21)12-18-17(20)22/h2-5,8,11,15H,6-7,9-10,12H2,1H3,(H,18,22)/b11-8+. The second kappa shape index (κ2) is 6.97. The van der Waals surface area contributed by atoms with E-state index in [9.17, 15) is 18.0 Å². The van der Waals surface area contributed by atoms with Crippen LogP contribution in [0.15, 0.2) is 29.7 Å². The maximum Gasteiger partial charge on any atom is 0.324 e. The molecule has 2 saturated heterocycles. The minimum absolute atomic E-state index is 0.0244. The molecule has 1 aromatic carbocycles. The SMILES string of the molecule is Cc1ccc(/C=C/S(=O)(=O)N2CCC(N3C(=O)CNC3=O)CC2)cc1. The average molecular weight is 363 g/mol. The summed E-state index contributed by atoms with van der Waals surface area (Å²) < 4.78 is 26.3. The zero-order chi connectivity index (χ0) is 18.0. The Kier molecular flexibility index (Phi) is 4.91. The van der Waals surface area contributed by atoms with Crippen LogP contribution in [0.1, 0.15) is 24.0 Å². The fourth-order valence-electron chi connectivity index (χ4n) is 3.09. The molecule has 2 aliphatic rings. The molecule has 134 valence electrons. The van der Waals surface area contributed by atoms with Gasteiger partial charge in [0.1, 0.15) is 0 Å². The predicted octanol–water partition coefficient (Wildman–Crippen LogP) is 1.31. The van der Waals surface area contributed by atoms with Gasteiger partial charge in [-0.1, -0.05) is 29.8 Å². The molecule has 0 bridgehead atoms. The highest BCUT2D eigenvalue weighted by Crippen LogP contribution is 2.21. The van der Waals surface area contributed by atoms with E-state index in [1.807, 2.05) is 31.2 Å². The number of urea groups is 1. The number of carbonyl (C=O) groups excluding carboxylic acids is 2.